The van der Waals surface area contributed by atoms with Crippen molar-refractivity contribution in [2.75, 3.05) is 13.2 Å². The number of ether oxygens (including phenoxy) is 1. The number of hydrogen-bond donors (Lipinski definition) is 2. The molecule has 0 amide bonds. The van der Waals surface area contributed by atoms with Gasteiger partial charge in [0.15, 0.2) is 0 Å². The van der Waals surface area contributed by atoms with Crippen LogP contribution >= 0.6 is 0 Å². The molecule has 0 radical (unpaired) electrons. The molecule has 3 N–H and O–H groups in total. The Bertz CT molecular complexity index is 245. The van der Waals surface area contributed by atoms with Crippen LogP contribution in [0.2, 0.25) is 0 Å². The molecule has 13 heavy (non-hydrogen) atoms. The quantitative estimate of drug-likeness (QED) is 0.251. The van der Waals surface area contributed by atoms with Crippen molar-refractivity contribution in [2.45, 2.75) is 0 Å². The van der Waals surface area contributed by atoms with Gasteiger partial charge in [-0.3, -0.25) is 4.79 Å². The Kier molecular flexibility index (Phi) is 5.22. The Balaban J connectivity index is 4.11. The summed E-state index contributed by atoms with van der Waals surface area (Å²) in [5.74, 6) is -1.91. The van der Waals surface area contributed by atoms with Crippen molar-refractivity contribution >= 4 is 11.8 Å². The third-order valence-electron chi connectivity index (χ3n) is 1.03. The molecule has 0 aliphatic heterocycles. The van der Waals surface area contributed by atoms with E-state index in [9.17, 15) is 9.59 Å². The van der Waals surface area contributed by atoms with Crippen molar-refractivity contribution in [2.24, 2.45) is 5.73 Å². The summed E-state index contributed by atoms with van der Waals surface area (Å²) in [5, 5.41) is 8.43. The van der Waals surface area contributed by atoms with Crippen molar-refractivity contribution in [1.82, 2.24) is 0 Å². The van der Waals surface area contributed by atoms with E-state index in [4.69, 9.17) is 10.8 Å². The van der Waals surface area contributed by atoms with Gasteiger partial charge in [0.05, 0.1) is 6.61 Å². The van der Waals surface area contributed by atoms with E-state index in [1.807, 2.05) is 0 Å². The number of aliphatic hydroxyl groups excluding tert-OH is 1. The largest absolute Gasteiger partial charge is 0.455 e. The van der Waals surface area contributed by atoms with E-state index in [1.54, 1.807) is 0 Å². The van der Waals surface area contributed by atoms with Crippen LogP contribution in [0.25, 0.3) is 0 Å². The summed E-state index contributed by atoms with van der Waals surface area (Å²) in [6.07, 6.45) is 2.16. The number of carbonyl (C=O) groups is 2. The van der Waals surface area contributed by atoms with Gasteiger partial charge in [0, 0.05) is 11.8 Å². The molecule has 5 nitrogen and oxygen atoms in total. The molecule has 0 spiro atoms. The highest BCUT2D eigenvalue weighted by Crippen LogP contribution is 1.87. The number of hydrogen-bond acceptors (Lipinski definition) is 5. The first-order valence-corrected chi connectivity index (χ1v) is 3.50. The average molecular weight is 185 g/mol. The highest BCUT2D eigenvalue weighted by molar-refractivity contribution is 6.38. The fraction of sp³-hybridized carbons (Fsp3) is 0.250. The Morgan fingerprint density at radius 3 is 2.62 bits per heavy atom. The van der Waals surface area contributed by atoms with Crippen LogP contribution < -0.4 is 5.73 Å². The lowest BCUT2D eigenvalue weighted by molar-refractivity contribution is -0.150. The van der Waals surface area contributed by atoms with Gasteiger partial charge in [-0.15, -0.1) is 0 Å². The first-order valence-electron chi connectivity index (χ1n) is 3.50. The Morgan fingerprint density at radius 2 is 2.15 bits per heavy atom. The molecule has 0 bridgehead atoms. The molecule has 0 saturated heterocycles. The molecule has 0 aromatic rings. The molecule has 0 aromatic heterocycles. The summed E-state index contributed by atoms with van der Waals surface area (Å²) >= 11 is 0. The number of aliphatic hydroxyl groups is 1. The van der Waals surface area contributed by atoms with Gasteiger partial charge in [-0.2, -0.15) is 0 Å². The minimum atomic E-state index is -1.02. The molecule has 0 aliphatic rings. The second-order valence-corrected chi connectivity index (χ2v) is 2.13. The van der Waals surface area contributed by atoms with E-state index < -0.39 is 18.4 Å². The molecule has 5 heteroatoms. The molecule has 0 rings (SSSR count). The molecule has 0 aromatic carbocycles. The number of ketones is 1. The highest BCUT2D eigenvalue weighted by Gasteiger charge is 2.11. The number of carbonyl (C=O) groups excluding carboxylic acids is 2. The third kappa shape index (κ3) is 4.76. The van der Waals surface area contributed by atoms with Crippen LogP contribution in [-0.4, -0.2) is 30.1 Å². The van der Waals surface area contributed by atoms with Crippen molar-refractivity contribution in [3.05, 3.63) is 24.4 Å². The third-order valence-corrected chi connectivity index (χ3v) is 1.03. The van der Waals surface area contributed by atoms with E-state index >= 15 is 0 Å². The molecule has 0 heterocycles. The first kappa shape index (κ1) is 11.4. The predicted octanol–water partition coefficient (Wildman–Crippen LogP) is -0.880. The molecule has 0 unspecified atom stereocenters. The summed E-state index contributed by atoms with van der Waals surface area (Å²) in [5.41, 5.74) is 5.02. The zero-order valence-corrected chi connectivity index (χ0v) is 7.03. The van der Waals surface area contributed by atoms with Crippen molar-refractivity contribution in [1.29, 1.82) is 0 Å². The fourth-order valence-electron chi connectivity index (χ4n) is 0.479. The van der Waals surface area contributed by atoms with Gasteiger partial charge < -0.3 is 15.6 Å². The van der Waals surface area contributed by atoms with Gasteiger partial charge in [-0.1, -0.05) is 12.7 Å². The monoisotopic (exact) mass is 185 g/mol. The van der Waals surface area contributed by atoms with Crippen LogP contribution in [0.3, 0.4) is 0 Å². The topological polar surface area (TPSA) is 89.6 Å². The molecule has 0 aliphatic carbocycles. The lowest BCUT2D eigenvalue weighted by Gasteiger charge is -1.97. The predicted molar refractivity (Wildman–Crippen MR) is 45.5 cm³/mol. The van der Waals surface area contributed by atoms with Crippen LogP contribution in [0.4, 0.5) is 0 Å². The smallest absolute Gasteiger partial charge is 0.379 e. The fourth-order valence-corrected chi connectivity index (χ4v) is 0.479. The summed E-state index contributed by atoms with van der Waals surface area (Å²) < 4.78 is 4.41. The van der Waals surface area contributed by atoms with E-state index in [0.717, 1.165) is 6.08 Å². The van der Waals surface area contributed by atoms with E-state index in [1.165, 1.54) is 6.08 Å². The standard InChI is InChI=1S/C8H11NO4/c1-2-3-13-8(12)7(11)4-6(9)5-10/h2,4,10H,1,3,5,9H2/b6-4-. The van der Waals surface area contributed by atoms with Crippen LogP contribution in [0, 0.1) is 0 Å². The van der Waals surface area contributed by atoms with Crippen molar-refractivity contribution in [3.63, 3.8) is 0 Å². The minimum absolute atomic E-state index is 0.0303. The summed E-state index contributed by atoms with van der Waals surface area (Å²) in [6, 6.07) is 0. The Morgan fingerprint density at radius 1 is 1.54 bits per heavy atom. The second kappa shape index (κ2) is 5.96. The summed E-state index contributed by atoms with van der Waals surface area (Å²) in [7, 11) is 0. The van der Waals surface area contributed by atoms with E-state index in [-0.39, 0.29) is 12.3 Å². The average Bonchev–Trinajstić information content (AvgIpc) is 2.13. The highest BCUT2D eigenvalue weighted by atomic mass is 16.5. The molecule has 0 saturated carbocycles. The number of nitrogens with two attached hydrogens (primary N) is 1. The molecular formula is C8H11NO4. The SMILES string of the molecule is C=CCOC(=O)C(=O)/C=C(\N)CO. The lowest BCUT2D eigenvalue weighted by atomic mass is 10.3. The van der Waals surface area contributed by atoms with E-state index in [2.05, 4.69) is 11.3 Å². The molecule has 0 atom stereocenters. The van der Waals surface area contributed by atoms with Gasteiger partial charge in [-0.05, 0) is 0 Å². The Labute approximate surface area is 75.5 Å². The minimum Gasteiger partial charge on any atom is -0.455 e. The molecular weight excluding hydrogens is 174 g/mol. The maximum Gasteiger partial charge on any atom is 0.379 e. The number of esters is 1. The zero-order valence-electron chi connectivity index (χ0n) is 7.03. The van der Waals surface area contributed by atoms with Gasteiger partial charge in [-0.25, -0.2) is 4.79 Å². The van der Waals surface area contributed by atoms with Crippen molar-refractivity contribution in [3.8, 4) is 0 Å². The first-order chi connectivity index (χ1) is 6.11. The van der Waals surface area contributed by atoms with Gasteiger partial charge in [0.2, 0.25) is 0 Å². The molecule has 72 valence electrons. The van der Waals surface area contributed by atoms with Gasteiger partial charge >= 0.3 is 5.97 Å². The zero-order chi connectivity index (χ0) is 10.3. The molecule has 0 fully saturated rings. The Hall–Kier alpha value is -1.62. The van der Waals surface area contributed by atoms with Gasteiger partial charge in [0.1, 0.15) is 6.61 Å². The lowest BCUT2D eigenvalue weighted by Crippen LogP contribution is -2.17. The van der Waals surface area contributed by atoms with E-state index in [0.29, 0.717) is 0 Å². The summed E-state index contributed by atoms with van der Waals surface area (Å²) in [6.45, 7) is 2.80. The van der Waals surface area contributed by atoms with Crippen LogP contribution in [0.1, 0.15) is 0 Å². The van der Waals surface area contributed by atoms with Crippen LogP contribution in [0.15, 0.2) is 24.4 Å². The van der Waals surface area contributed by atoms with Crippen LogP contribution in [0.5, 0.6) is 0 Å². The maximum atomic E-state index is 10.8. The van der Waals surface area contributed by atoms with Crippen molar-refractivity contribution < 1.29 is 19.4 Å². The maximum absolute atomic E-state index is 10.8. The van der Waals surface area contributed by atoms with Crippen LogP contribution in [-0.2, 0) is 14.3 Å². The summed E-state index contributed by atoms with van der Waals surface area (Å²) in [4.78, 5) is 21.6. The van der Waals surface area contributed by atoms with Gasteiger partial charge in [0.25, 0.3) is 5.78 Å². The number of rotatable bonds is 5. The normalized spacial score (nSPS) is 10.7. The second-order valence-electron chi connectivity index (χ2n) is 2.13.